The van der Waals surface area contributed by atoms with Crippen molar-refractivity contribution in [2.45, 2.75) is 36.4 Å². The number of halogens is 3. The van der Waals surface area contributed by atoms with Gasteiger partial charge in [-0.05, 0) is 79.3 Å². The van der Waals surface area contributed by atoms with Gasteiger partial charge in [-0.3, -0.25) is 4.31 Å². The van der Waals surface area contributed by atoms with Crippen LogP contribution in [0.4, 0.5) is 18.9 Å². The van der Waals surface area contributed by atoms with E-state index in [-0.39, 0.29) is 11.5 Å². The first-order chi connectivity index (χ1) is 16.1. The summed E-state index contributed by atoms with van der Waals surface area (Å²) in [4.78, 5) is -0.400. The molecule has 0 saturated heterocycles. The Hall–Kier alpha value is -3.51. The van der Waals surface area contributed by atoms with Crippen LogP contribution < -0.4 is 9.04 Å². The topological polar surface area (TPSA) is 70.4 Å². The lowest BCUT2D eigenvalue weighted by molar-refractivity contribution is -0.137. The number of benzene rings is 3. The fourth-order valence-electron chi connectivity index (χ4n) is 4.21. The first kappa shape index (κ1) is 22.3. The molecule has 174 valence electrons. The van der Waals surface area contributed by atoms with Crippen molar-refractivity contribution in [3.05, 3.63) is 83.9 Å². The Bertz CT molecular complexity index is 1390. The molecule has 5 nitrogen and oxygen atoms in total. The van der Waals surface area contributed by atoms with Gasteiger partial charge < -0.3 is 4.74 Å². The first-order valence-electron chi connectivity index (χ1n) is 10.6. The number of ether oxygens (including phenoxy) is 1. The highest BCUT2D eigenvalue weighted by molar-refractivity contribution is 7.92. The van der Waals surface area contributed by atoms with E-state index in [4.69, 9.17) is 10.00 Å². The molecule has 2 aliphatic rings. The molecule has 3 aromatic rings. The summed E-state index contributed by atoms with van der Waals surface area (Å²) in [6.07, 6.45) is -2.18. The van der Waals surface area contributed by atoms with Gasteiger partial charge in [0.1, 0.15) is 11.5 Å². The van der Waals surface area contributed by atoms with E-state index >= 15 is 0 Å². The average Bonchev–Trinajstić information content (AvgIpc) is 3.73. The van der Waals surface area contributed by atoms with Crippen LogP contribution in [0.3, 0.4) is 0 Å². The number of alkyl halides is 3. The summed E-state index contributed by atoms with van der Waals surface area (Å²) in [6, 6.07) is 18.5. The van der Waals surface area contributed by atoms with Crippen molar-refractivity contribution in [2.75, 3.05) is 4.31 Å². The van der Waals surface area contributed by atoms with Crippen LogP contribution in [0.2, 0.25) is 0 Å². The highest BCUT2D eigenvalue weighted by atomic mass is 32.2. The second-order valence-corrected chi connectivity index (χ2v) is 10.5. The number of nitriles is 1. The van der Waals surface area contributed by atoms with Gasteiger partial charge in [-0.2, -0.15) is 18.4 Å². The minimum Gasteiger partial charge on any atom is -0.457 e. The summed E-state index contributed by atoms with van der Waals surface area (Å²) in [7, 11) is -4.26. The lowest BCUT2D eigenvalue weighted by atomic mass is 10.2. The van der Waals surface area contributed by atoms with Crippen molar-refractivity contribution in [3.63, 3.8) is 0 Å². The third-order valence-electron chi connectivity index (χ3n) is 6.33. The summed E-state index contributed by atoms with van der Waals surface area (Å²) in [5.74, 6) is 0.838. The molecule has 2 fully saturated rings. The molecule has 1 atom stereocenters. The van der Waals surface area contributed by atoms with Crippen LogP contribution in [0.15, 0.2) is 77.7 Å². The third kappa shape index (κ3) is 4.10. The molecule has 0 N–H and O–H groups in total. The van der Waals surface area contributed by atoms with E-state index in [9.17, 15) is 21.6 Å². The van der Waals surface area contributed by atoms with E-state index in [1.165, 1.54) is 10.4 Å². The number of rotatable bonds is 6. The van der Waals surface area contributed by atoms with Crippen molar-refractivity contribution in [1.29, 1.82) is 5.26 Å². The van der Waals surface area contributed by atoms with Gasteiger partial charge in [-0.15, -0.1) is 0 Å². The monoisotopic (exact) mass is 484 g/mol. The van der Waals surface area contributed by atoms with E-state index in [1.54, 1.807) is 48.5 Å². The number of nitrogens with zero attached hydrogens (tertiary/aromatic N) is 2. The van der Waals surface area contributed by atoms with Gasteiger partial charge in [0.2, 0.25) is 0 Å². The molecule has 34 heavy (non-hydrogen) atoms. The first-order valence-corrected chi connectivity index (χ1v) is 12.1. The Kier molecular flexibility index (Phi) is 5.10. The minimum absolute atomic E-state index is 0.0846. The molecule has 9 heteroatoms. The van der Waals surface area contributed by atoms with Gasteiger partial charge in [0, 0.05) is 6.07 Å². The summed E-state index contributed by atoms with van der Waals surface area (Å²) >= 11 is 0. The van der Waals surface area contributed by atoms with Crippen molar-refractivity contribution in [1.82, 2.24) is 0 Å². The predicted molar refractivity (Wildman–Crippen MR) is 119 cm³/mol. The maximum Gasteiger partial charge on any atom is 0.416 e. The number of anilines is 1. The lowest BCUT2D eigenvalue weighted by Crippen LogP contribution is -2.34. The number of hydrogen-bond acceptors (Lipinski definition) is 4. The van der Waals surface area contributed by atoms with Crippen molar-refractivity contribution < 1.29 is 26.3 Å². The Morgan fingerprint density at radius 1 is 0.971 bits per heavy atom. The zero-order valence-electron chi connectivity index (χ0n) is 17.8. The highest BCUT2D eigenvalue weighted by Gasteiger charge is 2.67. The Morgan fingerprint density at radius 2 is 1.68 bits per heavy atom. The SMILES string of the molecule is N#Cc1ccc(Oc2cccc(N(C3CC34CC4)S(=O)(=O)c3cccc(C(F)(F)F)c3)c2)cc1. The minimum atomic E-state index is -4.65. The zero-order chi connectivity index (χ0) is 24.1. The van der Waals surface area contributed by atoms with Gasteiger partial charge >= 0.3 is 6.18 Å². The average molecular weight is 484 g/mol. The van der Waals surface area contributed by atoms with Crippen LogP contribution in [0.25, 0.3) is 0 Å². The van der Waals surface area contributed by atoms with Crippen LogP contribution in [0.5, 0.6) is 11.5 Å². The summed E-state index contributed by atoms with van der Waals surface area (Å²) in [5.41, 5.74) is -0.290. The fraction of sp³-hybridized carbons (Fsp3) is 0.240. The second-order valence-electron chi connectivity index (χ2n) is 8.64. The van der Waals surface area contributed by atoms with E-state index in [1.807, 2.05) is 6.07 Å². The van der Waals surface area contributed by atoms with Gasteiger partial charge in [0.05, 0.1) is 33.8 Å². The third-order valence-corrected chi connectivity index (χ3v) is 8.16. The molecular weight excluding hydrogens is 465 g/mol. The molecule has 1 unspecified atom stereocenters. The van der Waals surface area contributed by atoms with E-state index in [2.05, 4.69) is 0 Å². The zero-order valence-corrected chi connectivity index (χ0v) is 18.6. The molecule has 0 amide bonds. The standard InChI is InChI=1S/C25H19F3N2O3S/c26-25(27,28)18-3-1-6-22(13-18)34(31,32)30(23-15-24(23)11-12-24)19-4-2-5-21(14-19)33-20-9-7-17(16-29)8-10-20/h1-10,13-14,23H,11-12,15H2. The molecule has 0 bridgehead atoms. The summed E-state index contributed by atoms with van der Waals surface area (Å²) in [5, 5.41) is 8.94. The van der Waals surface area contributed by atoms with Gasteiger partial charge in [-0.25, -0.2) is 8.42 Å². The van der Waals surface area contributed by atoms with Crippen molar-refractivity contribution >= 4 is 15.7 Å². The van der Waals surface area contributed by atoms with Crippen LogP contribution in [-0.2, 0) is 16.2 Å². The van der Waals surface area contributed by atoms with Crippen LogP contribution in [0, 0.1) is 16.7 Å². The van der Waals surface area contributed by atoms with E-state index in [0.29, 0.717) is 35.2 Å². The maximum absolute atomic E-state index is 13.6. The van der Waals surface area contributed by atoms with Crippen LogP contribution >= 0.6 is 0 Å². The molecule has 0 aliphatic heterocycles. The summed E-state index contributed by atoms with van der Waals surface area (Å²) < 4.78 is 74.1. The molecule has 2 saturated carbocycles. The molecule has 2 aliphatic carbocycles. The highest BCUT2D eigenvalue weighted by Crippen LogP contribution is 2.69. The summed E-state index contributed by atoms with van der Waals surface area (Å²) in [6.45, 7) is 0. The van der Waals surface area contributed by atoms with Crippen molar-refractivity contribution in [2.24, 2.45) is 5.41 Å². The van der Waals surface area contributed by atoms with Gasteiger partial charge in [0.15, 0.2) is 0 Å². The molecule has 0 aromatic heterocycles. The molecule has 1 spiro atoms. The van der Waals surface area contributed by atoms with E-state index in [0.717, 1.165) is 25.0 Å². The smallest absolute Gasteiger partial charge is 0.416 e. The molecule has 0 radical (unpaired) electrons. The predicted octanol–water partition coefficient (Wildman–Crippen LogP) is 6.12. The molecule has 5 rings (SSSR count). The van der Waals surface area contributed by atoms with Gasteiger partial charge in [-0.1, -0.05) is 12.1 Å². The van der Waals surface area contributed by atoms with Crippen LogP contribution in [-0.4, -0.2) is 14.5 Å². The second kappa shape index (κ2) is 7.77. The quantitative estimate of drug-likeness (QED) is 0.423. The molecule has 3 aromatic carbocycles. The molecular formula is C25H19F3N2O3S. The fourth-order valence-corrected chi connectivity index (χ4v) is 5.98. The maximum atomic E-state index is 13.6. The van der Waals surface area contributed by atoms with Gasteiger partial charge in [0.25, 0.3) is 10.0 Å². The number of sulfonamides is 1. The Labute approximate surface area is 195 Å². The van der Waals surface area contributed by atoms with Crippen molar-refractivity contribution in [3.8, 4) is 17.6 Å². The Balaban J connectivity index is 1.51. The molecule has 0 heterocycles. The van der Waals surface area contributed by atoms with E-state index < -0.39 is 26.7 Å². The Morgan fingerprint density at radius 3 is 2.29 bits per heavy atom. The normalized spacial score (nSPS) is 18.2. The largest absolute Gasteiger partial charge is 0.457 e. The lowest BCUT2D eigenvalue weighted by Gasteiger charge is -2.26. The van der Waals surface area contributed by atoms with Crippen LogP contribution in [0.1, 0.15) is 30.4 Å². The number of hydrogen-bond donors (Lipinski definition) is 0.